The van der Waals surface area contributed by atoms with E-state index in [-0.39, 0.29) is 18.2 Å². The Bertz CT molecular complexity index is 1570. The molecule has 0 atom stereocenters. The lowest BCUT2D eigenvalue weighted by Crippen LogP contribution is -2.29. The van der Waals surface area contributed by atoms with Gasteiger partial charge in [0.1, 0.15) is 0 Å². The van der Waals surface area contributed by atoms with Crippen LogP contribution >= 0.6 is 11.8 Å². The van der Waals surface area contributed by atoms with Gasteiger partial charge in [0.2, 0.25) is 0 Å². The molecule has 2 heterocycles. The maximum Gasteiger partial charge on any atom is 0.304 e. The van der Waals surface area contributed by atoms with Crippen molar-refractivity contribution in [2.45, 2.75) is 31.4 Å². The molecule has 4 aromatic rings. The molecule has 0 bridgehead atoms. The summed E-state index contributed by atoms with van der Waals surface area (Å²) in [5.74, 6) is 0.0943. The number of rotatable bonds is 11. The monoisotopic (exact) mass is 595 g/mol. The normalized spacial score (nSPS) is 12.9. The van der Waals surface area contributed by atoms with Gasteiger partial charge in [-0.2, -0.15) is 11.8 Å². The molecule has 0 saturated carbocycles. The van der Waals surface area contributed by atoms with Crippen LogP contribution in [-0.4, -0.2) is 51.7 Å². The molecule has 3 N–H and O–H groups in total. The SMILES string of the molecule is O=C(O)CCSCc1cccc(C(=O)Nc2ccc(N3CCCCC3)cc2C(=O)Nc2cnc(-c3ccccc3)nc2)c1. The summed E-state index contributed by atoms with van der Waals surface area (Å²) in [4.78, 5) is 48.8. The topological polar surface area (TPSA) is 125 Å². The summed E-state index contributed by atoms with van der Waals surface area (Å²) in [5.41, 5.74) is 4.35. The molecule has 3 aromatic carbocycles. The lowest BCUT2D eigenvalue weighted by Gasteiger charge is -2.29. The fourth-order valence-corrected chi connectivity index (χ4v) is 5.73. The van der Waals surface area contributed by atoms with E-state index < -0.39 is 5.97 Å². The number of hydrogen-bond donors (Lipinski definition) is 3. The Labute approximate surface area is 254 Å². The number of piperidine rings is 1. The van der Waals surface area contributed by atoms with Crippen LogP contribution in [0.3, 0.4) is 0 Å². The van der Waals surface area contributed by atoms with Crippen molar-refractivity contribution >= 4 is 46.6 Å². The summed E-state index contributed by atoms with van der Waals surface area (Å²) in [6, 6.07) is 22.3. The van der Waals surface area contributed by atoms with Crippen LogP contribution in [0.2, 0.25) is 0 Å². The second kappa shape index (κ2) is 14.5. The van der Waals surface area contributed by atoms with Crippen molar-refractivity contribution in [3.05, 3.63) is 102 Å². The highest BCUT2D eigenvalue weighted by Gasteiger charge is 2.19. The van der Waals surface area contributed by atoms with E-state index in [0.29, 0.717) is 39.8 Å². The third kappa shape index (κ3) is 8.20. The number of anilines is 3. The van der Waals surface area contributed by atoms with E-state index in [0.717, 1.165) is 42.7 Å². The Balaban J connectivity index is 1.34. The number of carbonyl (C=O) groups is 3. The minimum absolute atomic E-state index is 0.0897. The van der Waals surface area contributed by atoms with Crippen LogP contribution in [0.1, 0.15) is 52.0 Å². The van der Waals surface area contributed by atoms with Crippen molar-refractivity contribution in [2.75, 3.05) is 34.4 Å². The van der Waals surface area contributed by atoms with Gasteiger partial charge in [-0.3, -0.25) is 14.4 Å². The predicted octanol–water partition coefficient (Wildman–Crippen LogP) is 6.35. The molecule has 43 heavy (non-hydrogen) atoms. The molecular formula is C33H33N5O4S. The minimum Gasteiger partial charge on any atom is -0.481 e. The van der Waals surface area contributed by atoms with Crippen molar-refractivity contribution in [1.82, 2.24) is 9.97 Å². The standard InChI is InChI=1S/C33H33N5O4S/c39-30(40)14-17-43-22-23-8-7-11-25(18-23)32(41)37-29-13-12-27(38-15-5-2-6-16-38)19-28(29)33(42)36-26-20-34-31(35-21-26)24-9-3-1-4-10-24/h1,3-4,7-13,18-21H,2,5-6,14-17,22H2,(H,36,42)(H,37,41)(H,39,40). The maximum absolute atomic E-state index is 13.6. The first-order valence-electron chi connectivity index (χ1n) is 14.2. The van der Waals surface area contributed by atoms with E-state index in [1.165, 1.54) is 18.2 Å². The zero-order chi connectivity index (χ0) is 30.0. The Morgan fingerprint density at radius 2 is 1.60 bits per heavy atom. The van der Waals surface area contributed by atoms with Gasteiger partial charge in [-0.1, -0.05) is 42.5 Å². The molecule has 2 amide bonds. The fraction of sp³-hybridized carbons (Fsp3) is 0.242. The number of nitrogens with one attached hydrogen (secondary N) is 2. The first kappa shape index (κ1) is 29.8. The summed E-state index contributed by atoms with van der Waals surface area (Å²) < 4.78 is 0. The van der Waals surface area contributed by atoms with Crippen LogP contribution in [0.25, 0.3) is 11.4 Å². The van der Waals surface area contributed by atoms with E-state index in [1.807, 2.05) is 48.5 Å². The lowest BCUT2D eigenvalue weighted by molar-refractivity contribution is -0.136. The summed E-state index contributed by atoms with van der Waals surface area (Å²) >= 11 is 1.50. The van der Waals surface area contributed by atoms with E-state index in [9.17, 15) is 14.4 Å². The van der Waals surface area contributed by atoms with Crippen LogP contribution in [0.4, 0.5) is 17.1 Å². The van der Waals surface area contributed by atoms with E-state index in [4.69, 9.17) is 5.11 Å². The average Bonchev–Trinajstić information content (AvgIpc) is 3.04. The van der Waals surface area contributed by atoms with Gasteiger partial charge in [0, 0.05) is 41.4 Å². The largest absolute Gasteiger partial charge is 0.481 e. The highest BCUT2D eigenvalue weighted by atomic mass is 32.2. The van der Waals surface area contributed by atoms with E-state index in [2.05, 4.69) is 25.5 Å². The number of carboxylic acid groups (broad SMARTS) is 1. The quantitative estimate of drug-likeness (QED) is 0.172. The zero-order valence-electron chi connectivity index (χ0n) is 23.7. The molecule has 220 valence electrons. The summed E-state index contributed by atoms with van der Waals surface area (Å²) in [6.07, 6.45) is 6.60. The van der Waals surface area contributed by atoms with Gasteiger partial charge in [0.15, 0.2) is 5.82 Å². The molecule has 9 nitrogen and oxygen atoms in total. The van der Waals surface area contributed by atoms with Crippen molar-refractivity contribution in [3.8, 4) is 11.4 Å². The van der Waals surface area contributed by atoms with E-state index >= 15 is 0 Å². The number of carboxylic acids is 1. The average molecular weight is 596 g/mol. The van der Waals surface area contributed by atoms with Gasteiger partial charge in [0.05, 0.1) is 35.8 Å². The Morgan fingerprint density at radius 1 is 0.837 bits per heavy atom. The molecule has 0 spiro atoms. The second-order valence-corrected chi connectivity index (χ2v) is 11.3. The Hall–Kier alpha value is -4.70. The molecule has 0 unspecified atom stereocenters. The zero-order valence-corrected chi connectivity index (χ0v) is 24.5. The summed E-state index contributed by atoms with van der Waals surface area (Å²) in [5, 5.41) is 14.7. The number of aromatic nitrogens is 2. The second-order valence-electron chi connectivity index (χ2n) is 10.2. The maximum atomic E-state index is 13.6. The fourth-order valence-electron chi connectivity index (χ4n) is 4.85. The van der Waals surface area contributed by atoms with Gasteiger partial charge in [-0.15, -0.1) is 0 Å². The molecule has 0 radical (unpaired) electrons. The van der Waals surface area contributed by atoms with Crippen LogP contribution < -0.4 is 15.5 Å². The molecule has 1 fully saturated rings. The van der Waals surface area contributed by atoms with Gasteiger partial charge in [-0.25, -0.2) is 9.97 Å². The van der Waals surface area contributed by atoms with E-state index in [1.54, 1.807) is 36.7 Å². The molecule has 0 aliphatic carbocycles. The number of thioether (sulfide) groups is 1. The molecular weight excluding hydrogens is 562 g/mol. The highest BCUT2D eigenvalue weighted by molar-refractivity contribution is 7.98. The van der Waals surface area contributed by atoms with Gasteiger partial charge in [-0.05, 0) is 55.2 Å². The van der Waals surface area contributed by atoms with Gasteiger partial charge in [0.25, 0.3) is 11.8 Å². The first-order valence-corrected chi connectivity index (χ1v) is 15.4. The van der Waals surface area contributed by atoms with Crippen molar-refractivity contribution < 1.29 is 19.5 Å². The van der Waals surface area contributed by atoms with Gasteiger partial charge >= 0.3 is 5.97 Å². The third-order valence-corrected chi connectivity index (χ3v) is 8.11. The van der Waals surface area contributed by atoms with Crippen molar-refractivity contribution in [2.24, 2.45) is 0 Å². The first-order chi connectivity index (χ1) is 21.0. The number of nitrogens with zero attached hydrogens (tertiary/aromatic N) is 3. The third-order valence-electron chi connectivity index (χ3n) is 7.08. The Morgan fingerprint density at radius 3 is 2.35 bits per heavy atom. The number of carbonyl (C=O) groups excluding carboxylic acids is 2. The molecule has 1 aliphatic heterocycles. The number of hydrogen-bond acceptors (Lipinski definition) is 7. The lowest BCUT2D eigenvalue weighted by atomic mass is 10.1. The molecule has 1 saturated heterocycles. The highest BCUT2D eigenvalue weighted by Crippen LogP contribution is 2.28. The molecule has 1 aliphatic rings. The smallest absolute Gasteiger partial charge is 0.304 e. The Kier molecular flexibility index (Phi) is 10.0. The van der Waals surface area contributed by atoms with Crippen LogP contribution in [-0.2, 0) is 10.5 Å². The summed E-state index contributed by atoms with van der Waals surface area (Å²) in [6.45, 7) is 1.83. The molecule has 1 aromatic heterocycles. The van der Waals surface area contributed by atoms with Crippen LogP contribution in [0.15, 0.2) is 85.2 Å². The number of aliphatic carboxylic acids is 1. The van der Waals surface area contributed by atoms with Crippen LogP contribution in [0.5, 0.6) is 0 Å². The van der Waals surface area contributed by atoms with Crippen molar-refractivity contribution in [1.29, 1.82) is 0 Å². The van der Waals surface area contributed by atoms with Gasteiger partial charge < -0.3 is 20.6 Å². The molecule has 5 rings (SSSR count). The minimum atomic E-state index is -0.830. The number of amides is 2. The molecule has 10 heteroatoms. The predicted molar refractivity (Wildman–Crippen MR) is 171 cm³/mol. The van der Waals surface area contributed by atoms with Crippen molar-refractivity contribution in [3.63, 3.8) is 0 Å². The van der Waals surface area contributed by atoms with Crippen LogP contribution in [0, 0.1) is 0 Å². The summed E-state index contributed by atoms with van der Waals surface area (Å²) in [7, 11) is 0. The number of benzene rings is 3.